The number of Topliss-reactive ketones (excluding diaryl/α,β-unsaturated/α-hetero) is 1. The second kappa shape index (κ2) is 8.73. The summed E-state index contributed by atoms with van der Waals surface area (Å²) in [5, 5.41) is 22.3. The quantitative estimate of drug-likeness (QED) is 0.389. The van der Waals surface area contributed by atoms with E-state index in [1.54, 1.807) is 6.08 Å². The zero-order valence-electron chi connectivity index (χ0n) is 14.9. The molecule has 3 N–H and O–H groups in total. The molecule has 0 aliphatic heterocycles. The number of ketones is 2. The van der Waals surface area contributed by atoms with Gasteiger partial charge in [-0.1, -0.05) is 11.6 Å². The van der Waals surface area contributed by atoms with Crippen LogP contribution < -0.4 is 5.32 Å². The predicted molar refractivity (Wildman–Crippen MR) is 99.6 cm³/mol. The van der Waals surface area contributed by atoms with Crippen LogP contribution in [0.3, 0.4) is 0 Å². The number of phenolic OH excluding ortho intramolecular Hbond substituents is 2. The van der Waals surface area contributed by atoms with Crippen molar-refractivity contribution in [3.8, 4) is 11.5 Å². The fraction of sp³-hybridized carbons (Fsp3) is 0.316. The van der Waals surface area contributed by atoms with Crippen molar-refractivity contribution in [2.45, 2.75) is 26.4 Å². The number of fused-ring (bicyclic) bond motifs is 1. The van der Waals surface area contributed by atoms with Crippen LogP contribution in [0.15, 0.2) is 35.4 Å². The molecule has 0 fully saturated rings. The molecule has 0 saturated heterocycles. The molecule has 0 spiro atoms. The summed E-state index contributed by atoms with van der Waals surface area (Å²) in [6.07, 6.45) is 1.13. The van der Waals surface area contributed by atoms with E-state index in [-0.39, 0.29) is 35.5 Å². The maximum atomic E-state index is 12.9. The number of aromatic hydroxyl groups is 2. The van der Waals surface area contributed by atoms with Gasteiger partial charge in [0.2, 0.25) is 0 Å². The Hall–Kier alpha value is -2.80. The zero-order chi connectivity index (χ0) is 20.1. The van der Waals surface area contributed by atoms with E-state index in [0.29, 0.717) is 0 Å². The van der Waals surface area contributed by atoms with Gasteiger partial charge in [0, 0.05) is 24.4 Å². The van der Waals surface area contributed by atoms with Gasteiger partial charge < -0.3 is 20.3 Å². The van der Waals surface area contributed by atoms with Crippen LogP contribution >= 0.6 is 11.6 Å². The van der Waals surface area contributed by atoms with Gasteiger partial charge in [-0.05, 0) is 32.1 Å². The summed E-state index contributed by atoms with van der Waals surface area (Å²) in [4.78, 5) is 37.2. The number of rotatable bonds is 6. The van der Waals surface area contributed by atoms with E-state index in [1.807, 2.05) is 13.8 Å². The molecule has 27 heavy (non-hydrogen) atoms. The fourth-order valence-corrected chi connectivity index (χ4v) is 2.72. The predicted octanol–water partition coefficient (Wildman–Crippen LogP) is 3.09. The lowest BCUT2D eigenvalue weighted by atomic mass is 9.85. The van der Waals surface area contributed by atoms with Gasteiger partial charge in [-0.2, -0.15) is 0 Å². The van der Waals surface area contributed by atoms with E-state index >= 15 is 0 Å². The highest BCUT2D eigenvalue weighted by molar-refractivity contribution is 6.27. The molecule has 0 aromatic heterocycles. The molecule has 8 heteroatoms. The Labute approximate surface area is 161 Å². The standard InChI is InChI=1S/C19H20ClNO6/c1-10(2)3-6-15(27-19(26)21-8-7-20)11-9-14(24)16-12(22)4-5-13(23)17(16)18(11)25/h3-5,9,15,22-23H,6-8H2,1-2H3,(H,21,26)/t15-/m1/s1. The number of nitrogens with one attached hydrogen (secondary N) is 1. The minimum absolute atomic E-state index is 0.0769. The Morgan fingerprint density at radius 1 is 1.22 bits per heavy atom. The Morgan fingerprint density at radius 2 is 1.85 bits per heavy atom. The molecule has 1 aliphatic rings. The van der Waals surface area contributed by atoms with Gasteiger partial charge in [0.15, 0.2) is 11.6 Å². The van der Waals surface area contributed by atoms with E-state index in [4.69, 9.17) is 16.3 Å². The smallest absolute Gasteiger partial charge is 0.407 e. The zero-order valence-corrected chi connectivity index (χ0v) is 15.7. The van der Waals surface area contributed by atoms with Crippen molar-refractivity contribution in [3.63, 3.8) is 0 Å². The van der Waals surface area contributed by atoms with E-state index in [1.165, 1.54) is 0 Å². The van der Waals surface area contributed by atoms with Crippen LogP contribution in [0, 0.1) is 0 Å². The fourth-order valence-electron chi connectivity index (χ4n) is 2.62. The Balaban J connectivity index is 2.41. The van der Waals surface area contributed by atoms with Crippen molar-refractivity contribution in [2.24, 2.45) is 0 Å². The molecule has 7 nitrogen and oxygen atoms in total. The van der Waals surface area contributed by atoms with Crippen LogP contribution in [0.1, 0.15) is 41.0 Å². The normalized spacial score (nSPS) is 14.1. The summed E-state index contributed by atoms with van der Waals surface area (Å²) in [7, 11) is 0. The van der Waals surface area contributed by atoms with Crippen molar-refractivity contribution in [1.82, 2.24) is 5.32 Å². The SMILES string of the molecule is CC(C)=CC[C@@H](OC(=O)NCCCl)C1=CC(=O)c2c(O)ccc(O)c2C1=O. The first-order chi connectivity index (χ1) is 12.8. The third kappa shape index (κ3) is 4.68. The van der Waals surface area contributed by atoms with Crippen LogP contribution in [0.5, 0.6) is 11.5 Å². The molecular weight excluding hydrogens is 374 g/mol. The second-order valence-corrected chi connectivity index (χ2v) is 6.55. The molecule has 0 bridgehead atoms. The molecule has 144 valence electrons. The molecule has 1 aliphatic carbocycles. The Kier molecular flexibility index (Phi) is 6.63. The third-order valence-electron chi connectivity index (χ3n) is 3.88. The highest BCUT2D eigenvalue weighted by atomic mass is 35.5. The van der Waals surface area contributed by atoms with Crippen molar-refractivity contribution >= 4 is 29.3 Å². The van der Waals surface area contributed by atoms with Crippen LogP contribution in [-0.2, 0) is 4.74 Å². The van der Waals surface area contributed by atoms with Gasteiger partial charge in [-0.3, -0.25) is 9.59 Å². The van der Waals surface area contributed by atoms with Gasteiger partial charge in [0.1, 0.15) is 17.6 Å². The third-order valence-corrected chi connectivity index (χ3v) is 4.07. The highest BCUT2D eigenvalue weighted by Gasteiger charge is 2.35. The van der Waals surface area contributed by atoms with E-state index in [2.05, 4.69) is 5.32 Å². The summed E-state index contributed by atoms with van der Waals surface area (Å²) in [6.45, 7) is 3.86. The minimum atomic E-state index is -1.04. The second-order valence-electron chi connectivity index (χ2n) is 6.17. The van der Waals surface area contributed by atoms with E-state index in [0.717, 1.165) is 23.8 Å². The number of alkyl carbamates (subject to hydrolysis) is 1. The molecular formula is C19H20ClNO6. The van der Waals surface area contributed by atoms with Gasteiger partial charge in [-0.15, -0.1) is 11.6 Å². The lowest BCUT2D eigenvalue weighted by Gasteiger charge is -2.23. The van der Waals surface area contributed by atoms with Crippen LogP contribution in [-0.4, -0.2) is 46.4 Å². The molecule has 0 unspecified atom stereocenters. The van der Waals surface area contributed by atoms with E-state index < -0.39 is 35.3 Å². The monoisotopic (exact) mass is 393 g/mol. The van der Waals surface area contributed by atoms with Crippen molar-refractivity contribution in [3.05, 3.63) is 46.6 Å². The molecule has 0 heterocycles. The number of carbonyl (C=O) groups is 3. The lowest BCUT2D eigenvalue weighted by molar-refractivity contribution is 0.0892. The molecule has 1 atom stereocenters. The number of hydrogen-bond acceptors (Lipinski definition) is 6. The first-order valence-electron chi connectivity index (χ1n) is 8.25. The summed E-state index contributed by atoms with van der Waals surface area (Å²) in [5.41, 5.74) is 0.286. The maximum Gasteiger partial charge on any atom is 0.407 e. The summed E-state index contributed by atoms with van der Waals surface area (Å²) in [5.74, 6) is -1.98. The number of benzene rings is 1. The van der Waals surface area contributed by atoms with Crippen molar-refractivity contribution in [2.75, 3.05) is 12.4 Å². The Bertz CT molecular complexity index is 839. The highest BCUT2D eigenvalue weighted by Crippen LogP contribution is 2.36. The van der Waals surface area contributed by atoms with Crippen molar-refractivity contribution < 1.29 is 29.3 Å². The number of hydrogen-bond donors (Lipinski definition) is 3. The van der Waals surface area contributed by atoms with Gasteiger partial charge in [0.25, 0.3) is 0 Å². The first kappa shape index (κ1) is 20.5. The number of ether oxygens (including phenoxy) is 1. The summed E-state index contributed by atoms with van der Waals surface area (Å²) >= 11 is 5.52. The van der Waals surface area contributed by atoms with E-state index in [9.17, 15) is 24.6 Å². The number of carbonyl (C=O) groups excluding carboxylic acids is 3. The first-order valence-corrected chi connectivity index (χ1v) is 8.79. The molecule has 1 aromatic rings. The van der Waals surface area contributed by atoms with Gasteiger partial charge in [0.05, 0.1) is 11.1 Å². The molecule has 0 radical (unpaired) electrons. The molecule has 1 aromatic carbocycles. The maximum absolute atomic E-state index is 12.9. The topological polar surface area (TPSA) is 113 Å². The lowest BCUT2D eigenvalue weighted by Crippen LogP contribution is -2.34. The van der Waals surface area contributed by atoms with Crippen LogP contribution in [0.4, 0.5) is 4.79 Å². The molecule has 1 amide bonds. The number of alkyl halides is 1. The number of halogens is 1. The van der Waals surface area contributed by atoms with Gasteiger partial charge in [-0.25, -0.2) is 4.79 Å². The Morgan fingerprint density at radius 3 is 2.44 bits per heavy atom. The van der Waals surface area contributed by atoms with Gasteiger partial charge >= 0.3 is 6.09 Å². The van der Waals surface area contributed by atoms with Crippen LogP contribution in [0.2, 0.25) is 0 Å². The number of amides is 1. The summed E-state index contributed by atoms with van der Waals surface area (Å²) < 4.78 is 5.31. The average molecular weight is 394 g/mol. The van der Waals surface area contributed by atoms with Crippen molar-refractivity contribution in [1.29, 1.82) is 0 Å². The average Bonchev–Trinajstić information content (AvgIpc) is 2.61. The number of allylic oxidation sites excluding steroid dienone is 2. The largest absolute Gasteiger partial charge is 0.507 e. The summed E-state index contributed by atoms with van der Waals surface area (Å²) in [6, 6.07) is 2.26. The molecule has 0 saturated carbocycles. The molecule has 2 rings (SSSR count). The van der Waals surface area contributed by atoms with Crippen LogP contribution in [0.25, 0.3) is 0 Å². The minimum Gasteiger partial charge on any atom is -0.507 e. The number of phenols is 2.